The Hall–Kier alpha value is -5.26. The zero-order chi connectivity index (χ0) is 34.3. The van der Waals surface area contributed by atoms with Crippen LogP contribution in [0.5, 0.6) is 0 Å². The van der Waals surface area contributed by atoms with Gasteiger partial charge in [-0.2, -0.15) is 0 Å². The Morgan fingerprint density at radius 2 is 1.54 bits per heavy atom. The molecule has 3 heterocycles. The van der Waals surface area contributed by atoms with E-state index < -0.39 is 11.7 Å². The predicted molar refractivity (Wildman–Crippen MR) is 193 cm³/mol. The summed E-state index contributed by atoms with van der Waals surface area (Å²) < 4.78 is 14.4. The molecule has 11 heteroatoms. The first-order valence-electron chi connectivity index (χ1n) is 17.4. The van der Waals surface area contributed by atoms with Crippen molar-refractivity contribution in [3.63, 3.8) is 0 Å². The van der Waals surface area contributed by atoms with E-state index in [1.54, 1.807) is 0 Å². The highest BCUT2D eigenvalue weighted by atomic mass is 19.1. The molecular formula is C39H41FN8O2. The number of hydrogen-bond donors (Lipinski definition) is 4. The maximum Gasteiger partial charge on any atom is 0.271 e. The topological polar surface area (TPSA) is 124 Å². The first-order chi connectivity index (χ1) is 24.5. The minimum atomic E-state index is -0.589. The van der Waals surface area contributed by atoms with Crippen LogP contribution in [0.15, 0.2) is 91.3 Å². The molecule has 1 aliphatic carbocycles. The van der Waals surface area contributed by atoms with Crippen LogP contribution in [0.25, 0.3) is 22.2 Å². The van der Waals surface area contributed by atoms with Crippen molar-refractivity contribution >= 4 is 34.4 Å². The number of pyridine rings is 1. The van der Waals surface area contributed by atoms with E-state index in [2.05, 4.69) is 65.4 Å². The Balaban J connectivity index is 0.950. The summed E-state index contributed by atoms with van der Waals surface area (Å²) in [5.41, 5.74) is 5.93. The van der Waals surface area contributed by atoms with E-state index in [9.17, 15) is 14.0 Å². The van der Waals surface area contributed by atoms with Crippen LogP contribution in [0.3, 0.4) is 0 Å². The standard InChI is InChI=1S/C39H41FN8O2/c40-29-22-33(38(49)45-30-13-15-31(16-14-30)46-39(50)36-24-42-34-7-1-2-8-35(34)47-36)37(43-23-29)44-32-6-3-5-28(21-32)27-11-9-26(10-12-27)25-48-19-4-17-41-18-20-48/h1-3,5-12,21-24,30-31,41H,4,13-20,25H2,(H,43,44)(H,45,49)(H,46,50)/t30-,31+. The molecule has 50 heavy (non-hydrogen) atoms. The number of amides is 2. The van der Waals surface area contributed by atoms with Crippen LogP contribution in [-0.2, 0) is 6.54 Å². The number of fused-ring (bicyclic) bond motifs is 1. The molecule has 2 fully saturated rings. The number of para-hydroxylation sites is 2. The Labute approximate surface area is 290 Å². The Kier molecular flexibility index (Phi) is 10.3. The first-order valence-corrected chi connectivity index (χ1v) is 17.4. The average molecular weight is 673 g/mol. The lowest BCUT2D eigenvalue weighted by molar-refractivity contribution is 0.0889. The number of anilines is 2. The number of halogens is 1. The zero-order valence-electron chi connectivity index (χ0n) is 27.9. The average Bonchev–Trinajstić information content (AvgIpc) is 3.42. The summed E-state index contributed by atoms with van der Waals surface area (Å²) in [5, 5.41) is 12.8. The smallest absolute Gasteiger partial charge is 0.271 e. The summed E-state index contributed by atoms with van der Waals surface area (Å²) in [5.74, 6) is -0.972. The van der Waals surface area contributed by atoms with Gasteiger partial charge in [-0.25, -0.2) is 14.4 Å². The van der Waals surface area contributed by atoms with Gasteiger partial charge in [-0.3, -0.25) is 19.5 Å². The lowest BCUT2D eigenvalue weighted by Crippen LogP contribution is -2.44. The third kappa shape index (κ3) is 8.30. The molecule has 0 atom stereocenters. The summed E-state index contributed by atoms with van der Waals surface area (Å²) >= 11 is 0. The van der Waals surface area contributed by atoms with Crippen molar-refractivity contribution in [3.05, 3.63) is 114 Å². The maximum atomic E-state index is 14.4. The summed E-state index contributed by atoms with van der Waals surface area (Å²) in [6, 6.07) is 25.0. The van der Waals surface area contributed by atoms with Crippen LogP contribution in [0, 0.1) is 5.82 Å². The summed E-state index contributed by atoms with van der Waals surface area (Å²) in [6.45, 7) is 5.19. The van der Waals surface area contributed by atoms with Crippen LogP contribution in [-0.4, -0.2) is 69.9 Å². The molecule has 7 rings (SSSR count). The molecule has 1 saturated heterocycles. The Morgan fingerprint density at radius 1 is 0.780 bits per heavy atom. The number of hydrogen-bond acceptors (Lipinski definition) is 8. The third-order valence-electron chi connectivity index (χ3n) is 9.43. The van der Waals surface area contributed by atoms with E-state index in [-0.39, 0.29) is 35.1 Å². The second-order valence-electron chi connectivity index (χ2n) is 13.1. The molecule has 1 saturated carbocycles. The fourth-order valence-corrected chi connectivity index (χ4v) is 6.72. The van der Waals surface area contributed by atoms with Crippen LogP contribution >= 0.6 is 0 Å². The second kappa shape index (κ2) is 15.5. The van der Waals surface area contributed by atoms with Gasteiger partial charge < -0.3 is 21.3 Å². The third-order valence-corrected chi connectivity index (χ3v) is 9.43. The highest BCUT2D eigenvalue weighted by Crippen LogP contribution is 2.27. The second-order valence-corrected chi connectivity index (χ2v) is 13.1. The minimum Gasteiger partial charge on any atom is -0.349 e. The van der Waals surface area contributed by atoms with Gasteiger partial charge in [-0.1, -0.05) is 48.5 Å². The molecule has 4 N–H and O–H groups in total. The fraction of sp³-hybridized carbons (Fsp3) is 0.308. The fourth-order valence-electron chi connectivity index (χ4n) is 6.72. The quantitative estimate of drug-likeness (QED) is 0.154. The Morgan fingerprint density at radius 3 is 2.34 bits per heavy atom. The van der Waals surface area contributed by atoms with Gasteiger partial charge in [0.1, 0.15) is 17.3 Å². The van der Waals surface area contributed by atoms with Crippen molar-refractivity contribution in [3.8, 4) is 11.1 Å². The molecule has 3 aromatic carbocycles. The number of benzene rings is 3. The van der Waals surface area contributed by atoms with E-state index >= 15 is 0 Å². The van der Waals surface area contributed by atoms with Gasteiger partial charge in [-0.15, -0.1) is 0 Å². The molecule has 2 aromatic heterocycles. The van der Waals surface area contributed by atoms with Gasteiger partial charge in [0.2, 0.25) is 0 Å². The number of carbonyl (C=O) groups excluding carboxylic acids is 2. The number of aromatic nitrogens is 3. The number of nitrogens with one attached hydrogen (secondary N) is 4. The molecule has 1 aliphatic heterocycles. The summed E-state index contributed by atoms with van der Waals surface area (Å²) in [7, 11) is 0. The lowest BCUT2D eigenvalue weighted by atomic mass is 9.91. The van der Waals surface area contributed by atoms with Crippen molar-refractivity contribution in [2.75, 3.05) is 31.5 Å². The molecule has 0 unspecified atom stereocenters. The van der Waals surface area contributed by atoms with E-state index in [0.717, 1.165) is 67.7 Å². The summed E-state index contributed by atoms with van der Waals surface area (Å²) in [4.78, 5) is 41.8. The van der Waals surface area contributed by atoms with Crippen LogP contribution in [0.1, 0.15) is 58.5 Å². The number of carbonyl (C=O) groups is 2. The normalized spacial score (nSPS) is 18.3. The molecule has 10 nitrogen and oxygen atoms in total. The SMILES string of the molecule is O=C(N[C@H]1CC[C@@H](NC(=O)c2cc(F)cnc2Nc2cccc(-c3ccc(CN4CCCNCC4)cc3)c2)CC1)c1cnc2ccccc2n1. The minimum absolute atomic E-state index is 0.0442. The molecule has 0 bridgehead atoms. The molecule has 0 spiro atoms. The number of nitrogens with zero attached hydrogens (tertiary/aromatic N) is 4. The van der Waals surface area contributed by atoms with Crippen LogP contribution < -0.4 is 21.3 Å². The van der Waals surface area contributed by atoms with Crippen LogP contribution in [0.4, 0.5) is 15.9 Å². The van der Waals surface area contributed by atoms with Gasteiger partial charge in [-0.05, 0) is 92.2 Å². The summed E-state index contributed by atoms with van der Waals surface area (Å²) in [6.07, 6.45) is 6.48. The van der Waals surface area contributed by atoms with E-state index in [4.69, 9.17) is 0 Å². The molecule has 5 aromatic rings. The van der Waals surface area contributed by atoms with Gasteiger partial charge >= 0.3 is 0 Å². The van der Waals surface area contributed by atoms with E-state index in [1.165, 1.54) is 17.8 Å². The zero-order valence-corrected chi connectivity index (χ0v) is 27.9. The molecule has 2 aliphatic rings. The van der Waals surface area contributed by atoms with Crippen molar-refractivity contribution in [2.24, 2.45) is 0 Å². The van der Waals surface area contributed by atoms with Crippen molar-refractivity contribution in [1.82, 2.24) is 35.8 Å². The van der Waals surface area contributed by atoms with Crippen molar-refractivity contribution in [1.29, 1.82) is 0 Å². The van der Waals surface area contributed by atoms with Gasteiger partial charge in [0.05, 0.1) is 29.0 Å². The van der Waals surface area contributed by atoms with Gasteiger partial charge in [0.25, 0.3) is 11.8 Å². The molecular weight excluding hydrogens is 631 g/mol. The lowest BCUT2D eigenvalue weighted by Gasteiger charge is -2.29. The molecule has 256 valence electrons. The first kappa shape index (κ1) is 33.2. The largest absolute Gasteiger partial charge is 0.349 e. The van der Waals surface area contributed by atoms with Crippen molar-refractivity contribution < 1.29 is 14.0 Å². The van der Waals surface area contributed by atoms with E-state index in [1.807, 2.05) is 48.5 Å². The van der Waals surface area contributed by atoms with E-state index in [0.29, 0.717) is 31.2 Å². The van der Waals surface area contributed by atoms with Gasteiger partial charge in [0.15, 0.2) is 0 Å². The highest BCUT2D eigenvalue weighted by molar-refractivity contribution is 5.99. The van der Waals surface area contributed by atoms with Crippen LogP contribution in [0.2, 0.25) is 0 Å². The molecule has 2 amide bonds. The molecule has 0 radical (unpaired) electrons. The maximum absolute atomic E-state index is 14.4. The monoisotopic (exact) mass is 672 g/mol. The predicted octanol–water partition coefficient (Wildman–Crippen LogP) is 5.84. The van der Waals surface area contributed by atoms with Gasteiger partial charge in [0, 0.05) is 37.4 Å². The number of rotatable bonds is 9. The highest BCUT2D eigenvalue weighted by Gasteiger charge is 2.26. The van der Waals surface area contributed by atoms with Crippen molar-refractivity contribution in [2.45, 2.75) is 50.7 Å². The Bertz CT molecular complexity index is 1950.